The number of ether oxygens (including phenoxy) is 1. The summed E-state index contributed by atoms with van der Waals surface area (Å²) < 4.78 is 18.4. The molecule has 1 rings (SSSR count). The van der Waals surface area contributed by atoms with Gasteiger partial charge in [-0.3, -0.25) is 9.59 Å². The molecular formula is C17H24FNO3. The number of carbonyl (C=O) groups excluding carboxylic acids is 2. The zero-order chi connectivity index (χ0) is 16.2. The van der Waals surface area contributed by atoms with Gasteiger partial charge in [-0.25, -0.2) is 4.39 Å². The highest BCUT2D eigenvalue weighted by Gasteiger charge is 2.12. The van der Waals surface area contributed by atoms with Gasteiger partial charge in [0, 0.05) is 0 Å². The summed E-state index contributed by atoms with van der Waals surface area (Å²) in [5, 5.41) is 2.35. The summed E-state index contributed by atoms with van der Waals surface area (Å²) in [5.41, 5.74) is -0.0776. The predicted molar refractivity (Wildman–Crippen MR) is 83.1 cm³/mol. The summed E-state index contributed by atoms with van der Waals surface area (Å²) in [6.45, 7) is 2.28. The molecule has 1 N–H and O–H groups in total. The Morgan fingerprint density at radius 3 is 2.50 bits per heavy atom. The van der Waals surface area contributed by atoms with Crippen LogP contribution in [0, 0.1) is 5.82 Å². The van der Waals surface area contributed by atoms with Crippen molar-refractivity contribution < 1.29 is 18.7 Å². The minimum Gasteiger partial charge on any atom is -0.464 e. The number of hydrogen-bond donors (Lipinski definition) is 1. The van der Waals surface area contributed by atoms with Crippen LogP contribution in [-0.4, -0.2) is 25.0 Å². The molecule has 0 aromatic heterocycles. The van der Waals surface area contributed by atoms with Crippen molar-refractivity contribution in [3.8, 4) is 0 Å². The summed E-state index contributed by atoms with van der Waals surface area (Å²) in [4.78, 5) is 23.2. The molecule has 0 fully saturated rings. The smallest absolute Gasteiger partial charge is 0.325 e. The summed E-state index contributed by atoms with van der Waals surface area (Å²) in [7, 11) is 0. The van der Waals surface area contributed by atoms with E-state index in [1.54, 1.807) is 6.07 Å². The first-order chi connectivity index (χ1) is 10.6. The van der Waals surface area contributed by atoms with E-state index in [9.17, 15) is 14.0 Å². The molecule has 0 aliphatic heterocycles. The predicted octanol–water partition coefficient (Wildman–Crippen LogP) is 3.46. The number of halogens is 1. The fourth-order valence-electron chi connectivity index (χ4n) is 2.01. The number of amides is 1. The zero-order valence-corrected chi connectivity index (χ0v) is 13.1. The second-order valence-electron chi connectivity index (χ2n) is 5.15. The maximum absolute atomic E-state index is 13.4. The largest absolute Gasteiger partial charge is 0.464 e. The highest BCUT2D eigenvalue weighted by Crippen LogP contribution is 2.06. The van der Waals surface area contributed by atoms with Gasteiger partial charge >= 0.3 is 5.97 Å². The minimum absolute atomic E-state index is 0.0776. The maximum atomic E-state index is 13.4. The van der Waals surface area contributed by atoms with E-state index >= 15 is 0 Å². The Kier molecular flexibility index (Phi) is 8.88. The SMILES string of the molecule is CCCCCCCCOC(=O)CNC(=O)c1ccccc1F. The number of nitrogens with one attached hydrogen (secondary N) is 1. The Bertz CT molecular complexity index is 477. The van der Waals surface area contributed by atoms with Crippen molar-refractivity contribution >= 4 is 11.9 Å². The molecular weight excluding hydrogens is 285 g/mol. The molecule has 0 aliphatic carbocycles. The average molecular weight is 309 g/mol. The quantitative estimate of drug-likeness (QED) is 0.532. The molecule has 122 valence electrons. The molecule has 1 amide bonds. The van der Waals surface area contributed by atoms with Gasteiger partial charge in [0.15, 0.2) is 0 Å². The molecule has 4 nitrogen and oxygen atoms in total. The van der Waals surface area contributed by atoms with E-state index in [1.165, 1.54) is 37.5 Å². The molecule has 5 heteroatoms. The minimum atomic E-state index is -0.616. The maximum Gasteiger partial charge on any atom is 0.325 e. The monoisotopic (exact) mass is 309 g/mol. The molecule has 0 saturated carbocycles. The molecule has 0 bridgehead atoms. The normalized spacial score (nSPS) is 10.3. The van der Waals surface area contributed by atoms with E-state index in [2.05, 4.69) is 12.2 Å². The number of unbranched alkanes of at least 4 members (excludes halogenated alkanes) is 5. The molecule has 0 saturated heterocycles. The molecule has 1 aromatic carbocycles. The van der Waals surface area contributed by atoms with Gasteiger partial charge in [0.25, 0.3) is 5.91 Å². The van der Waals surface area contributed by atoms with E-state index < -0.39 is 17.7 Å². The lowest BCUT2D eigenvalue weighted by atomic mass is 10.1. The van der Waals surface area contributed by atoms with Gasteiger partial charge in [0.2, 0.25) is 0 Å². The van der Waals surface area contributed by atoms with Crippen molar-refractivity contribution in [1.82, 2.24) is 5.32 Å². The Morgan fingerprint density at radius 1 is 1.09 bits per heavy atom. The standard InChI is InChI=1S/C17H24FNO3/c1-2-3-4-5-6-9-12-22-16(20)13-19-17(21)14-10-7-8-11-15(14)18/h7-8,10-11H,2-6,9,12-13H2,1H3,(H,19,21). The van der Waals surface area contributed by atoms with Crippen LogP contribution >= 0.6 is 0 Å². The average Bonchev–Trinajstić information content (AvgIpc) is 2.52. The first kappa shape index (κ1) is 18.1. The van der Waals surface area contributed by atoms with E-state index in [0.717, 1.165) is 19.3 Å². The number of carbonyl (C=O) groups is 2. The van der Waals surface area contributed by atoms with E-state index in [-0.39, 0.29) is 12.1 Å². The Balaban J connectivity index is 2.13. The molecule has 22 heavy (non-hydrogen) atoms. The number of benzene rings is 1. The van der Waals surface area contributed by atoms with Crippen LogP contribution in [0.1, 0.15) is 55.8 Å². The first-order valence-corrected chi connectivity index (χ1v) is 7.83. The van der Waals surface area contributed by atoms with Gasteiger partial charge in [-0.05, 0) is 18.6 Å². The van der Waals surface area contributed by atoms with Crippen molar-refractivity contribution in [3.63, 3.8) is 0 Å². The van der Waals surface area contributed by atoms with Crippen LogP contribution < -0.4 is 5.32 Å². The van der Waals surface area contributed by atoms with Crippen molar-refractivity contribution in [3.05, 3.63) is 35.6 Å². The number of rotatable bonds is 10. The fraction of sp³-hybridized carbons (Fsp3) is 0.529. The van der Waals surface area contributed by atoms with E-state index in [1.807, 2.05) is 0 Å². The van der Waals surface area contributed by atoms with Crippen LogP contribution in [0.25, 0.3) is 0 Å². The Morgan fingerprint density at radius 2 is 1.77 bits per heavy atom. The van der Waals surface area contributed by atoms with Gasteiger partial charge in [-0.15, -0.1) is 0 Å². The summed E-state index contributed by atoms with van der Waals surface area (Å²) in [6.07, 6.45) is 6.67. The van der Waals surface area contributed by atoms with Gasteiger partial charge in [-0.1, -0.05) is 51.2 Å². The highest BCUT2D eigenvalue weighted by atomic mass is 19.1. The second-order valence-corrected chi connectivity index (χ2v) is 5.15. The molecule has 0 unspecified atom stereocenters. The van der Waals surface area contributed by atoms with E-state index in [4.69, 9.17) is 4.74 Å². The van der Waals surface area contributed by atoms with Gasteiger partial charge < -0.3 is 10.1 Å². The molecule has 0 atom stereocenters. The van der Waals surface area contributed by atoms with Gasteiger partial charge in [0.05, 0.1) is 12.2 Å². The molecule has 1 aromatic rings. The van der Waals surface area contributed by atoms with Crippen LogP contribution in [0.3, 0.4) is 0 Å². The Labute approximate surface area is 131 Å². The fourth-order valence-corrected chi connectivity index (χ4v) is 2.01. The van der Waals surface area contributed by atoms with Crippen LogP contribution in [-0.2, 0) is 9.53 Å². The van der Waals surface area contributed by atoms with Crippen LogP contribution in [0.4, 0.5) is 4.39 Å². The molecule has 0 heterocycles. The van der Waals surface area contributed by atoms with Gasteiger partial charge in [-0.2, -0.15) is 0 Å². The lowest BCUT2D eigenvalue weighted by Crippen LogP contribution is -2.31. The third-order valence-electron chi connectivity index (χ3n) is 3.27. The topological polar surface area (TPSA) is 55.4 Å². The molecule has 0 aliphatic rings. The van der Waals surface area contributed by atoms with Crippen molar-refractivity contribution in [2.45, 2.75) is 45.4 Å². The number of hydrogen-bond acceptors (Lipinski definition) is 3. The lowest BCUT2D eigenvalue weighted by Gasteiger charge is -2.07. The Hall–Kier alpha value is -1.91. The zero-order valence-electron chi connectivity index (χ0n) is 13.1. The summed E-state index contributed by atoms with van der Waals surface area (Å²) in [5.74, 6) is -1.73. The van der Waals surface area contributed by atoms with Crippen LogP contribution in [0.15, 0.2) is 24.3 Å². The summed E-state index contributed by atoms with van der Waals surface area (Å²) in [6, 6.07) is 5.63. The third kappa shape index (κ3) is 7.20. The van der Waals surface area contributed by atoms with Crippen molar-refractivity contribution in [2.75, 3.05) is 13.2 Å². The molecule has 0 spiro atoms. The summed E-state index contributed by atoms with van der Waals surface area (Å²) >= 11 is 0. The molecule has 0 radical (unpaired) electrons. The van der Waals surface area contributed by atoms with Gasteiger partial charge in [0.1, 0.15) is 12.4 Å². The van der Waals surface area contributed by atoms with Crippen LogP contribution in [0.2, 0.25) is 0 Å². The number of esters is 1. The lowest BCUT2D eigenvalue weighted by molar-refractivity contribution is -0.142. The van der Waals surface area contributed by atoms with E-state index in [0.29, 0.717) is 6.61 Å². The van der Waals surface area contributed by atoms with Crippen molar-refractivity contribution in [1.29, 1.82) is 0 Å². The highest BCUT2D eigenvalue weighted by molar-refractivity contribution is 5.96. The second kappa shape index (κ2) is 10.8. The third-order valence-corrected chi connectivity index (χ3v) is 3.27. The first-order valence-electron chi connectivity index (χ1n) is 7.83. The van der Waals surface area contributed by atoms with Crippen molar-refractivity contribution in [2.24, 2.45) is 0 Å². The van der Waals surface area contributed by atoms with Crippen LogP contribution in [0.5, 0.6) is 0 Å².